The van der Waals surface area contributed by atoms with Crippen LogP contribution < -0.4 is 0 Å². The van der Waals surface area contributed by atoms with Gasteiger partial charge in [0.25, 0.3) is 0 Å². The molecule has 0 amide bonds. The second-order valence-corrected chi connectivity index (χ2v) is 5.77. The van der Waals surface area contributed by atoms with Gasteiger partial charge in [0.15, 0.2) is 0 Å². The number of allylic oxidation sites excluding steroid dienone is 2. The SMILES string of the molecule is CCCCCCC/C=C/CCC(C)(C)C. The Morgan fingerprint density at radius 1 is 0.800 bits per heavy atom. The van der Waals surface area contributed by atoms with Crippen LogP contribution in [0.25, 0.3) is 0 Å². The Morgan fingerprint density at radius 2 is 1.40 bits per heavy atom. The molecule has 0 aliphatic rings. The lowest BCUT2D eigenvalue weighted by Crippen LogP contribution is -2.02. The average Bonchev–Trinajstić information content (AvgIpc) is 2.14. The highest BCUT2D eigenvalue weighted by molar-refractivity contribution is 4.83. The van der Waals surface area contributed by atoms with Crippen molar-refractivity contribution >= 4 is 0 Å². The summed E-state index contributed by atoms with van der Waals surface area (Å²) in [5.41, 5.74) is 0.492. The molecule has 0 bridgehead atoms. The number of unbranched alkanes of at least 4 members (excludes halogenated alkanes) is 5. The Bertz CT molecular complexity index is 148. The van der Waals surface area contributed by atoms with Crippen molar-refractivity contribution in [2.24, 2.45) is 5.41 Å². The predicted octanol–water partition coefficient (Wildman–Crippen LogP) is 5.73. The van der Waals surface area contributed by atoms with Gasteiger partial charge in [-0.15, -0.1) is 0 Å². The molecular formula is C15H30. The van der Waals surface area contributed by atoms with Crippen molar-refractivity contribution in [3.05, 3.63) is 12.2 Å². The second kappa shape index (κ2) is 9.00. The first-order chi connectivity index (χ1) is 7.06. The molecule has 0 fully saturated rings. The minimum atomic E-state index is 0.492. The molecule has 0 radical (unpaired) electrons. The van der Waals surface area contributed by atoms with Crippen LogP contribution in [0.5, 0.6) is 0 Å². The van der Waals surface area contributed by atoms with Crippen molar-refractivity contribution in [3.8, 4) is 0 Å². The summed E-state index contributed by atoms with van der Waals surface area (Å²) >= 11 is 0. The molecule has 15 heavy (non-hydrogen) atoms. The van der Waals surface area contributed by atoms with Crippen molar-refractivity contribution in [3.63, 3.8) is 0 Å². The fraction of sp³-hybridized carbons (Fsp3) is 0.867. The van der Waals surface area contributed by atoms with E-state index >= 15 is 0 Å². The lowest BCUT2D eigenvalue weighted by atomic mass is 9.90. The van der Waals surface area contributed by atoms with Crippen LogP contribution in [0.1, 0.15) is 79.1 Å². The fourth-order valence-corrected chi connectivity index (χ4v) is 1.62. The van der Waals surface area contributed by atoms with E-state index in [1.165, 1.54) is 51.4 Å². The van der Waals surface area contributed by atoms with Crippen LogP contribution in [-0.4, -0.2) is 0 Å². The summed E-state index contributed by atoms with van der Waals surface area (Å²) in [5, 5.41) is 0. The minimum Gasteiger partial charge on any atom is -0.0885 e. The largest absolute Gasteiger partial charge is 0.0885 e. The Morgan fingerprint density at radius 3 is 2.00 bits per heavy atom. The van der Waals surface area contributed by atoms with Crippen molar-refractivity contribution in [2.45, 2.75) is 79.1 Å². The van der Waals surface area contributed by atoms with Crippen LogP contribution in [0, 0.1) is 5.41 Å². The van der Waals surface area contributed by atoms with Gasteiger partial charge in [-0.3, -0.25) is 0 Å². The van der Waals surface area contributed by atoms with Gasteiger partial charge in [0.1, 0.15) is 0 Å². The van der Waals surface area contributed by atoms with Crippen LogP contribution in [0.15, 0.2) is 12.2 Å². The second-order valence-electron chi connectivity index (χ2n) is 5.77. The third-order valence-corrected chi connectivity index (χ3v) is 2.70. The zero-order valence-electron chi connectivity index (χ0n) is 11.3. The lowest BCUT2D eigenvalue weighted by molar-refractivity contribution is 0.381. The molecular weight excluding hydrogens is 180 g/mol. The topological polar surface area (TPSA) is 0 Å². The predicted molar refractivity (Wildman–Crippen MR) is 71.2 cm³/mol. The quantitative estimate of drug-likeness (QED) is 0.354. The van der Waals surface area contributed by atoms with Gasteiger partial charge in [-0.25, -0.2) is 0 Å². The monoisotopic (exact) mass is 210 g/mol. The summed E-state index contributed by atoms with van der Waals surface area (Å²) in [6.45, 7) is 9.20. The summed E-state index contributed by atoms with van der Waals surface area (Å²) in [5.74, 6) is 0. The maximum atomic E-state index is 2.37. The van der Waals surface area contributed by atoms with E-state index in [0.717, 1.165) is 0 Å². The van der Waals surface area contributed by atoms with Gasteiger partial charge in [0, 0.05) is 0 Å². The van der Waals surface area contributed by atoms with Gasteiger partial charge in [-0.2, -0.15) is 0 Å². The summed E-state index contributed by atoms with van der Waals surface area (Å²) in [6, 6.07) is 0. The van der Waals surface area contributed by atoms with Crippen molar-refractivity contribution in [2.75, 3.05) is 0 Å². The minimum absolute atomic E-state index is 0.492. The smallest absolute Gasteiger partial charge is 0.0346 e. The van der Waals surface area contributed by atoms with E-state index in [1.807, 2.05) is 0 Å². The number of hydrogen-bond donors (Lipinski definition) is 0. The third kappa shape index (κ3) is 13.7. The highest BCUT2D eigenvalue weighted by Crippen LogP contribution is 2.20. The molecule has 0 atom stereocenters. The van der Waals surface area contributed by atoms with Gasteiger partial charge >= 0.3 is 0 Å². The molecule has 90 valence electrons. The first-order valence-electron chi connectivity index (χ1n) is 6.71. The molecule has 0 spiro atoms. The van der Waals surface area contributed by atoms with Gasteiger partial charge in [0.2, 0.25) is 0 Å². The van der Waals surface area contributed by atoms with Crippen LogP contribution >= 0.6 is 0 Å². The Labute approximate surface area is 97.2 Å². The summed E-state index contributed by atoms with van der Waals surface area (Å²) in [7, 11) is 0. The zero-order valence-corrected chi connectivity index (χ0v) is 11.3. The molecule has 0 N–H and O–H groups in total. The van der Waals surface area contributed by atoms with Gasteiger partial charge < -0.3 is 0 Å². The highest BCUT2D eigenvalue weighted by Gasteiger charge is 2.07. The van der Waals surface area contributed by atoms with Crippen LogP contribution in [0.2, 0.25) is 0 Å². The highest BCUT2D eigenvalue weighted by atomic mass is 14.1. The average molecular weight is 210 g/mol. The number of hydrogen-bond acceptors (Lipinski definition) is 0. The van der Waals surface area contributed by atoms with E-state index < -0.39 is 0 Å². The summed E-state index contributed by atoms with van der Waals surface area (Å²) in [6.07, 6.45) is 15.6. The van der Waals surface area contributed by atoms with Crippen molar-refractivity contribution in [1.29, 1.82) is 0 Å². The van der Waals surface area contributed by atoms with Crippen molar-refractivity contribution in [1.82, 2.24) is 0 Å². The molecule has 0 aliphatic heterocycles. The molecule has 0 aromatic heterocycles. The molecule has 0 aromatic rings. The van der Waals surface area contributed by atoms with Crippen molar-refractivity contribution < 1.29 is 0 Å². The Hall–Kier alpha value is -0.260. The first-order valence-corrected chi connectivity index (χ1v) is 6.71. The molecule has 0 saturated heterocycles. The number of rotatable bonds is 8. The van der Waals surface area contributed by atoms with E-state index in [2.05, 4.69) is 39.8 Å². The van der Waals surface area contributed by atoms with Crippen LogP contribution in [-0.2, 0) is 0 Å². The van der Waals surface area contributed by atoms with Crippen LogP contribution in [0.3, 0.4) is 0 Å². The zero-order chi connectivity index (χ0) is 11.6. The molecule has 0 aliphatic carbocycles. The van der Waals surface area contributed by atoms with E-state index in [1.54, 1.807) is 0 Å². The lowest BCUT2D eigenvalue weighted by Gasteiger charge is -2.15. The molecule has 0 aromatic carbocycles. The molecule has 0 rings (SSSR count). The summed E-state index contributed by atoms with van der Waals surface area (Å²) < 4.78 is 0. The molecule has 0 saturated carbocycles. The molecule has 0 nitrogen and oxygen atoms in total. The van der Waals surface area contributed by atoms with E-state index in [0.29, 0.717) is 5.41 Å². The van der Waals surface area contributed by atoms with Gasteiger partial charge in [-0.1, -0.05) is 65.5 Å². The Kier molecular flexibility index (Phi) is 8.85. The maximum absolute atomic E-state index is 2.37. The Balaban J connectivity index is 3.18. The van der Waals surface area contributed by atoms with E-state index in [9.17, 15) is 0 Å². The van der Waals surface area contributed by atoms with Gasteiger partial charge in [0.05, 0.1) is 0 Å². The first kappa shape index (κ1) is 14.7. The molecule has 0 heterocycles. The maximum Gasteiger partial charge on any atom is -0.0346 e. The fourth-order valence-electron chi connectivity index (χ4n) is 1.62. The third-order valence-electron chi connectivity index (χ3n) is 2.70. The standard InChI is InChI=1S/C15H30/c1-5-6-7-8-9-10-11-12-13-14-15(2,3)4/h11-12H,5-10,13-14H2,1-4H3/b12-11+. The van der Waals surface area contributed by atoms with Gasteiger partial charge in [-0.05, 0) is 31.1 Å². The van der Waals surface area contributed by atoms with Crippen LogP contribution in [0.4, 0.5) is 0 Å². The summed E-state index contributed by atoms with van der Waals surface area (Å²) in [4.78, 5) is 0. The van der Waals surface area contributed by atoms with E-state index in [4.69, 9.17) is 0 Å². The van der Waals surface area contributed by atoms with E-state index in [-0.39, 0.29) is 0 Å². The molecule has 0 heteroatoms. The molecule has 0 unspecified atom stereocenters. The normalized spacial score (nSPS) is 12.5.